The molecule has 0 heterocycles. The summed E-state index contributed by atoms with van der Waals surface area (Å²) in [4.78, 5) is 9.28. The minimum atomic E-state index is -4.08. The molecule has 0 spiro atoms. The third-order valence-electron chi connectivity index (χ3n) is 3.72. The Morgan fingerprint density at radius 1 is 0.857 bits per heavy atom. The lowest BCUT2D eigenvalue weighted by molar-refractivity contribution is 0.383. The summed E-state index contributed by atoms with van der Waals surface area (Å²) in [5.41, 5.74) is 5.13. The average Bonchev–Trinajstić information content (AvgIpc) is 2.45. The first-order valence-electron chi connectivity index (χ1n) is 6.50. The van der Waals surface area contributed by atoms with Crippen LogP contribution in [0.4, 0.5) is 0 Å². The van der Waals surface area contributed by atoms with Crippen LogP contribution in [0.2, 0.25) is 0 Å². The van der Waals surface area contributed by atoms with Gasteiger partial charge in [-0.2, -0.15) is 0 Å². The molecule has 104 valence electrons. The van der Waals surface area contributed by atoms with Crippen LogP contribution in [0.15, 0.2) is 54.6 Å². The van der Waals surface area contributed by atoms with E-state index in [0.717, 1.165) is 32.3 Å². The lowest BCUT2D eigenvalue weighted by Gasteiger charge is -2.15. The molecule has 4 aromatic carbocycles. The number of rotatable bonds is 2. The smallest absolute Gasteiger partial charge is 0.413 e. The van der Waals surface area contributed by atoms with Crippen molar-refractivity contribution in [3.63, 3.8) is 0 Å². The Hall–Kier alpha value is -2.13. The van der Waals surface area contributed by atoms with E-state index in [0.29, 0.717) is 5.75 Å². The Kier molecular flexibility index (Phi) is 2.51. The average molecular weight is 297 g/mol. The Morgan fingerprint density at radius 2 is 1.43 bits per heavy atom. The predicted octanol–water partition coefficient (Wildman–Crippen LogP) is 4.02. The fraction of sp³-hybridized carbons (Fsp3) is 0. The van der Waals surface area contributed by atoms with Crippen LogP contribution in [0.5, 0.6) is 5.75 Å². The van der Waals surface area contributed by atoms with Crippen LogP contribution in [0.25, 0.3) is 32.3 Å². The van der Waals surface area contributed by atoms with E-state index in [9.17, 15) is 9.46 Å². The van der Waals surface area contributed by atoms with Gasteiger partial charge in [-0.1, -0.05) is 42.5 Å². The fourth-order valence-corrected chi connectivity index (χ4v) is 3.37. The summed E-state index contributed by atoms with van der Waals surface area (Å²) in [6, 6.07) is 17.7. The second-order valence-electron chi connectivity index (χ2n) is 5.08. The van der Waals surface area contributed by atoms with Gasteiger partial charge in [0, 0.05) is 10.8 Å². The van der Waals surface area contributed by atoms with Gasteiger partial charge in [0.2, 0.25) is 0 Å². The molecule has 0 aliphatic rings. The van der Waals surface area contributed by atoms with Crippen molar-refractivity contribution in [2.75, 3.05) is 0 Å². The standard InChI is InChI=1S/C16H12NO3P/c17-21(18,19)20-14-9-7-12-5-4-10-2-1-3-11-6-8-13(14)16(12)15(10)11/h1-9H,(H3,17,18,19). The van der Waals surface area contributed by atoms with Crippen molar-refractivity contribution in [3.05, 3.63) is 54.6 Å². The molecule has 3 N–H and O–H groups in total. The number of hydrogen-bond acceptors (Lipinski definition) is 2. The van der Waals surface area contributed by atoms with E-state index < -0.39 is 7.75 Å². The van der Waals surface area contributed by atoms with Crippen LogP contribution in [0.1, 0.15) is 0 Å². The molecule has 0 fully saturated rings. The van der Waals surface area contributed by atoms with E-state index in [1.54, 1.807) is 6.07 Å². The van der Waals surface area contributed by atoms with Crippen LogP contribution in [-0.4, -0.2) is 4.89 Å². The van der Waals surface area contributed by atoms with Gasteiger partial charge in [0.15, 0.2) is 0 Å². The molecule has 0 aliphatic heterocycles. The lowest BCUT2D eigenvalue weighted by atomic mass is 9.94. The third kappa shape index (κ3) is 1.96. The van der Waals surface area contributed by atoms with Crippen molar-refractivity contribution in [3.8, 4) is 5.75 Å². The number of benzene rings is 4. The van der Waals surface area contributed by atoms with Gasteiger partial charge in [-0.15, -0.1) is 0 Å². The topological polar surface area (TPSA) is 72.6 Å². The van der Waals surface area contributed by atoms with Crippen molar-refractivity contribution >= 4 is 40.1 Å². The van der Waals surface area contributed by atoms with Gasteiger partial charge < -0.3 is 9.42 Å². The largest absolute Gasteiger partial charge is 0.453 e. The number of hydrogen-bond donors (Lipinski definition) is 2. The van der Waals surface area contributed by atoms with Crippen molar-refractivity contribution in [1.29, 1.82) is 0 Å². The minimum absolute atomic E-state index is 0.328. The molecule has 0 saturated carbocycles. The van der Waals surface area contributed by atoms with Crippen LogP contribution < -0.4 is 10.0 Å². The fourth-order valence-electron chi connectivity index (χ4n) is 2.93. The second kappa shape index (κ2) is 4.18. The van der Waals surface area contributed by atoms with Crippen LogP contribution >= 0.6 is 7.75 Å². The van der Waals surface area contributed by atoms with E-state index in [1.165, 1.54) is 0 Å². The molecule has 0 radical (unpaired) electrons. The summed E-state index contributed by atoms with van der Waals surface area (Å²) >= 11 is 0. The Morgan fingerprint density at radius 3 is 2.10 bits per heavy atom. The molecule has 1 unspecified atom stereocenters. The molecular formula is C16H12NO3P. The van der Waals surface area contributed by atoms with E-state index in [4.69, 9.17) is 10.0 Å². The van der Waals surface area contributed by atoms with Crippen LogP contribution in [-0.2, 0) is 4.57 Å². The van der Waals surface area contributed by atoms with Gasteiger partial charge in [0.05, 0.1) is 0 Å². The molecule has 0 bridgehead atoms. The summed E-state index contributed by atoms with van der Waals surface area (Å²) < 4.78 is 16.4. The van der Waals surface area contributed by atoms with E-state index in [2.05, 4.69) is 18.2 Å². The molecule has 21 heavy (non-hydrogen) atoms. The molecular weight excluding hydrogens is 285 g/mol. The van der Waals surface area contributed by atoms with Crippen molar-refractivity contribution in [2.45, 2.75) is 0 Å². The highest BCUT2D eigenvalue weighted by molar-refractivity contribution is 7.50. The highest BCUT2D eigenvalue weighted by Crippen LogP contribution is 2.42. The molecule has 0 aliphatic carbocycles. The quantitative estimate of drug-likeness (QED) is 0.433. The maximum absolute atomic E-state index is 11.4. The lowest BCUT2D eigenvalue weighted by Crippen LogP contribution is -2.01. The van der Waals surface area contributed by atoms with E-state index in [-0.39, 0.29) is 0 Å². The molecule has 0 amide bonds. The van der Waals surface area contributed by atoms with Gasteiger partial charge in [-0.3, -0.25) is 0 Å². The summed E-state index contributed by atoms with van der Waals surface area (Å²) in [5, 5.41) is 6.26. The SMILES string of the molecule is NP(=O)(O)Oc1ccc2ccc3cccc4ccc1c2c34. The highest BCUT2D eigenvalue weighted by Gasteiger charge is 2.17. The van der Waals surface area contributed by atoms with Crippen LogP contribution in [0.3, 0.4) is 0 Å². The molecule has 4 nitrogen and oxygen atoms in total. The first kappa shape index (κ1) is 12.6. The maximum atomic E-state index is 11.4. The maximum Gasteiger partial charge on any atom is 0.453 e. The molecule has 0 aromatic heterocycles. The third-order valence-corrected chi connectivity index (χ3v) is 4.18. The number of nitrogens with two attached hydrogens (primary N) is 1. The Labute approximate surface area is 120 Å². The molecule has 0 saturated heterocycles. The minimum Gasteiger partial charge on any atom is -0.413 e. The molecule has 4 aromatic rings. The van der Waals surface area contributed by atoms with Gasteiger partial charge in [0.1, 0.15) is 5.75 Å². The van der Waals surface area contributed by atoms with Gasteiger partial charge >= 0.3 is 7.75 Å². The summed E-state index contributed by atoms with van der Waals surface area (Å²) in [6.45, 7) is 0. The first-order valence-corrected chi connectivity index (χ1v) is 8.15. The monoisotopic (exact) mass is 297 g/mol. The zero-order valence-electron chi connectivity index (χ0n) is 11.0. The van der Waals surface area contributed by atoms with E-state index >= 15 is 0 Å². The predicted molar refractivity (Wildman–Crippen MR) is 84.8 cm³/mol. The van der Waals surface area contributed by atoms with Crippen LogP contribution in [0, 0.1) is 0 Å². The van der Waals surface area contributed by atoms with Gasteiger partial charge in [-0.25, -0.2) is 10.1 Å². The van der Waals surface area contributed by atoms with Crippen molar-refractivity contribution in [2.24, 2.45) is 5.50 Å². The molecule has 1 atom stereocenters. The van der Waals surface area contributed by atoms with Gasteiger partial charge in [0.25, 0.3) is 0 Å². The Balaban J connectivity index is 2.18. The molecule has 5 heteroatoms. The molecule has 4 rings (SSSR count). The van der Waals surface area contributed by atoms with Gasteiger partial charge in [-0.05, 0) is 33.7 Å². The highest BCUT2D eigenvalue weighted by atomic mass is 31.2. The van der Waals surface area contributed by atoms with Crippen molar-refractivity contribution in [1.82, 2.24) is 0 Å². The summed E-state index contributed by atoms with van der Waals surface area (Å²) in [6.07, 6.45) is 0. The zero-order valence-corrected chi connectivity index (χ0v) is 11.9. The Bertz CT molecular complexity index is 1010. The summed E-state index contributed by atoms with van der Waals surface area (Å²) in [7, 11) is -4.08. The van der Waals surface area contributed by atoms with E-state index in [1.807, 2.05) is 30.3 Å². The van der Waals surface area contributed by atoms with Crippen molar-refractivity contribution < 1.29 is 14.0 Å². The summed E-state index contributed by atoms with van der Waals surface area (Å²) in [5.74, 6) is 0.328. The normalized spacial score (nSPS) is 14.8. The first-order chi connectivity index (χ1) is 10.0. The second-order valence-corrected chi connectivity index (χ2v) is 6.39. The zero-order chi connectivity index (χ0) is 14.6.